The molecule has 0 atom stereocenters. The van der Waals surface area contributed by atoms with Gasteiger partial charge in [0.25, 0.3) is 11.8 Å². The second-order valence-electron chi connectivity index (χ2n) is 6.49. The molecule has 30 heavy (non-hydrogen) atoms. The maximum absolute atomic E-state index is 12.8. The second-order valence-corrected chi connectivity index (χ2v) is 7.92. The summed E-state index contributed by atoms with van der Waals surface area (Å²) < 4.78 is 0.882. The summed E-state index contributed by atoms with van der Waals surface area (Å²) in [4.78, 5) is 36.9. The fraction of sp³-hybridized carbons (Fsp3) is 0.182. The van der Waals surface area contributed by atoms with E-state index in [2.05, 4.69) is 16.7 Å². The molecule has 0 spiro atoms. The Kier molecular flexibility index (Phi) is 7.17. The van der Waals surface area contributed by atoms with Gasteiger partial charge < -0.3 is 10.6 Å². The monoisotopic (exact) mass is 439 g/mol. The highest BCUT2D eigenvalue weighted by molar-refractivity contribution is 7.21. The third-order valence-corrected chi connectivity index (χ3v) is 6.11. The molecular weight excluding hydrogens is 422 g/mol. The van der Waals surface area contributed by atoms with Crippen LogP contribution in [-0.4, -0.2) is 24.6 Å². The quantitative estimate of drug-likeness (QED) is 0.379. The third kappa shape index (κ3) is 4.85. The number of nitrogens with zero attached hydrogens (tertiary/aromatic N) is 1. The van der Waals surface area contributed by atoms with Gasteiger partial charge in [-0.05, 0) is 37.1 Å². The zero-order chi connectivity index (χ0) is 21.5. The van der Waals surface area contributed by atoms with Crippen molar-refractivity contribution in [2.24, 2.45) is 0 Å². The molecule has 2 amide bonds. The number of hydrogen-bond donors (Lipinski definition) is 2. The van der Waals surface area contributed by atoms with Crippen LogP contribution in [0.3, 0.4) is 0 Å². The van der Waals surface area contributed by atoms with Gasteiger partial charge in [-0.1, -0.05) is 29.8 Å². The van der Waals surface area contributed by atoms with E-state index < -0.39 is 5.91 Å². The van der Waals surface area contributed by atoms with Gasteiger partial charge in [-0.3, -0.25) is 14.4 Å². The Morgan fingerprint density at radius 3 is 2.67 bits per heavy atom. The molecule has 0 aliphatic rings. The maximum Gasteiger partial charge on any atom is 0.267 e. The fourth-order valence-corrected chi connectivity index (χ4v) is 4.29. The van der Waals surface area contributed by atoms with Gasteiger partial charge in [0.1, 0.15) is 4.88 Å². The Balaban J connectivity index is 1.77. The van der Waals surface area contributed by atoms with Gasteiger partial charge in [0.2, 0.25) is 0 Å². The molecule has 6 nitrogen and oxygen atoms in total. The zero-order valence-electron chi connectivity index (χ0n) is 15.9. The van der Waals surface area contributed by atoms with E-state index >= 15 is 0 Å². The molecule has 1 aromatic heterocycles. The molecule has 2 N–H and O–H groups in total. The van der Waals surface area contributed by atoms with Crippen molar-refractivity contribution in [2.75, 3.05) is 11.9 Å². The Bertz CT molecular complexity index is 1150. The van der Waals surface area contributed by atoms with Crippen molar-refractivity contribution in [2.45, 2.75) is 19.3 Å². The van der Waals surface area contributed by atoms with E-state index in [9.17, 15) is 14.4 Å². The normalized spacial score (nSPS) is 10.4. The highest BCUT2D eigenvalue weighted by Crippen LogP contribution is 2.35. The van der Waals surface area contributed by atoms with Crippen molar-refractivity contribution in [3.63, 3.8) is 0 Å². The number of carbonyl (C=O) groups excluding carboxylic acids is 3. The summed E-state index contributed by atoms with van der Waals surface area (Å²) in [6.45, 7) is 0.440. The van der Waals surface area contributed by atoms with Gasteiger partial charge in [0.05, 0.1) is 16.8 Å². The number of unbranched alkanes of at least 4 members (excludes halogenated alkanes) is 2. The molecular formula is C22H18ClN3O3S. The van der Waals surface area contributed by atoms with Crippen LogP contribution in [0.25, 0.3) is 10.1 Å². The van der Waals surface area contributed by atoms with Crippen molar-refractivity contribution in [1.29, 1.82) is 5.26 Å². The third-order valence-electron chi connectivity index (χ3n) is 4.43. The van der Waals surface area contributed by atoms with Crippen molar-refractivity contribution in [3.8, 4) is 6.07 Å². The summed E-state index contributed by atoms with van der Waals surface area (Å²) >= 11 is 7.62. The Morgan fingerprint density at radius 1 is 1.13 bits per heavy atom. The number of anilines is 1. The number of nitrogens with one attached hydrogen (secondary N) is 2. The number of fused-ring (bicyclic) bond motifs is 1. The number of halogens is 1. The van der Waals surface area contributed by atoms with Gasteiger partial charge in [0, 0.05) is 34.2 Å². The summed E-state index contributed by atoms with van der Waals surface area (Å²) in [5, 5.41) is 15.1. The molecule has 1 heterocycles. The van der Waals surface area contributed by atoms with Crippen molar-refractivity contribution >= 4 is 56.8 Å². The van der Waals surface area contributed by atoms with Crippen LogP contribution in [0, 0.1) is 11.3 Å². The van der Waals surface area contributed by atoms with Crippen LogP contribution in [0.15, 0.2) is 42.5 Å². The Labute approximate surface area is 182 Å². The van der Waals surface area contributed by atoms with Gasteiger partial charge in [-0.15, -0.1) is 11.3 Å². The average molecular weight is 440 g/mol. The van der Waals surface area contributed by atoms with Gasteiger partial charge in [-0.25, -0.2) is 0 Å². The van der Waals surface area contributed by atoms with E-state index in [1.165, 1.54) is 29.5 Å². The van der Waals surface area contributed by atoms with Crippen LogP contribution in [-0.2, 0) is 0 Å². The SMILES string of the molecule is N#CCCCCNC(=O)c1ccc(C=O)c(NC(=O)c2sc3ccccc3c2Cl)c1. The summed E-state index contributed by atoms with van der Waals surface area (Å²) in [6.07, 6.45) is 2.46. The largest absolute Gasteiger partial charge is 0.352 e. The van der Waals surface area contributed by atoms with E-state index in [-0.39, 0.29) is 17.2 Å². The minimum Gasteiger partial charge on any atom is -0.352 e. The summed E-state index contributed by atoms with van der Waals surface area (Å²) in [6, 6.07) is 14.0. The van der Waals surface area contributed by atoms with Crippen LogP contribution in [0.5, 0.6) is 0 Å². The lowest BCUT2D eigenvalue weighted by Gasteiger charge is -2.10. The summed E-state index contributed by atoms with van der Waals surface area (Å²) in [5.41, 5.74) is 0.811. The average Bonchev–Trinajstić information content (AvgIpc) is 3.10. The lowest BCUT2D eigenvalue weighted by molar-refractivity contribution is 0.0951. The van der Waals surface area contributed by atoms with Crippen molar-refractivity contribution in [3.05, 3.63) is 63.5 Å². The number of aldehydes is 1. The molecule has 0 saturated heterocycles. The number of benzene rings is 2. The molecule has 0 aliphatic heterocycles. The Morgan fingerprint density at radius 2 is 1.93 bits per heavy atom. The number of thiophene rings is 1. The molecule has 152 valence electrons. The molecule has 0 saturated carbocycles. The summed E-state index contributed by atoms with van der Waals surface area (Å²) in [5.74, 6) is -0.766. The highest BCUT2D eigenvalue weighted by Gasteiger charge is 2.19. The van der Waals surface area contributed by atoms with E-state index in [1.54, 1.807) is 0 Å². The molecule has 0 fully saturated rings. The molecule has 0 bridgehead atoms. The molecule has 0 radical (unpaired) electrons. The minimum absolute atomic E-state index is 0.237. The standard InChI is InChI=1S/C22H18ClN3O3S/c23-19-16-6-2-3-7-18(16)30-20(19)22(29)26-17-12-14(8-9-15(17)13-27)21(28)25-11-5-1-4-10-24/h2-3,6-9,12-13H,1,4-5,11H2,(H,25,28)(H,26,29). The number of carbonyl (C=O) groups is 3. The van der Waals surface area contributed by atoms with Crippen LogP contribution in [0.4, 0.5) is 5.69 Å². The van der Waals surface area contributed by atoms with E-state index in [0.29, 0.717) is 47.6 Å². The number of rotatable bonds is 8. The fourth-order valence-electron chi connectivity index (χ4n) is 2.88. The van der Waals surface area contributed by atoms with Crippen LogP contribution in [0.1, 0.15) is 49.7 Å². The number of hydrogen-bond acceptors (Lipinski definition) is 5. The predicted molar refractivity (Wildman–Crippen MR) is 118 cm³/mol. The minimum atomic E-state index is -0.446. The first-order valence-electron chi connectivity index (χ1n) is 9.28. The molecule has 8 heteroatoms. The van der Waals surface area contributed by atoms with Crippen molar-refractivity contribution in [1.82, 2.24) is 5.32 Å². The Hall–Kier alpha value is -3.21. The first kappa shape index (κ1) is 21.5. The number of amides is 2. The molecule has 0 unspecified atom stereocenters. The molecule has 2 aromatic carbocycles. The smallest absolute Gasteiger partial charge is 0.267 e. The van der Waals surface area contributed by atoms with E-state index in [1.807, 2.05) is 24.3 Å². The highest BCUT2D eigenvalue weighted by atomic mass is 35.5. The van der Waals surface area contributed by atoms with Crippen LogP contribution in [0.2, 0.25) is 5.02 Å². The topological polar surface area (TPSA) is 99.1 Å². The molecule has 0 aliphatic carbocycles. The first-order valence-corrected chi connectivity index (χ1v) is 10.5. The predicted octanol–water partition coefficient (Wildman–Crippen LogP) is 5.04. The van der Waals surface area contributed by atoms with Gasteiger partial charge in [-0.2, -0.15) is 5.26 Å². The molecule has 3 rings (SSSR count). The van der Waals surface area contributed by atoms with Gasteiger partial charge in [0.15, 0.2) is 6.29 Å². The van der Waals surface area contributed by atoms with E-state index in [0.717, 1.165) is 10.1 Å². The summed E-state index contributed by atoms with van der Waals surface area (Å²) in [7, 11) is 0. The lowest BCUT2D eigenvalue weighted by Crippen LogP contribution is -2.24. The number of nitriles is 1. The maximum atomic E-state index is 12.8. The lowest BCUT2D eigenvalue weighted by atomic mass is 10.1. The zero-order valence-corrected chi connectivity index (χ0v) is 17.5. The van der Waals surface area contributed by atoms with Gasteiger partial charge >= 0.3 is 0 Å². The van der Waals surface area contributed by atoms with E-state index in [4.69, 9.17) is 16.9 Å². The van der Waals surface area contributed by atoms with Crippen LogP contribution < -0.4 is 10.6 Å². The van der Waals surface area contributed by atoms with Crippen molar-refractivity contribution < 1.29 is 14.4 Å². The first-order chi connectivity index (χ1) is 14.5. The second kappa shape index (κ2) is 10.0. The van der Waals surface area contributed by atoms with Crippen LogP contribution >= 0.6 is 22.9 Å². The molecule has 3 aromatic rings.